The van der Waals surface area contributed by atoms with Crippen molar-refractivity contribution in [2.24, 2.45) is 0 Å². The van der Waals surface area contributed by atoms with Crippen molar-refractivity contribution in [3.63, 3.8) is 0 Å². The van der Waals surface area contributed by atoms with Crippen molar-refractivity contribution in [3.8, 4) is 22.7 Å². The summed E-state index contributed by atoms with van der Waals surface area (Å²) in [6.45, 7) is 0. The van der Waals surface area contributed by atoms with Gasteiger partial charge in [0.1, 0.15) is 17.3 Å². The second kappa shape index (κ2) is 7.88. The molecule has 138 valence electrons. The second-order valence-corrected chi connectivity index (χ2v) is 6.25. The molecule has 0 aliphatic heterocycles. The number of hydrogen-bond donors (Lipinski definition) is 0. The van der Waals surface area contributed by atoms with Gasteiger partial charge < -0.3 is 4.74 Å². The van der Waals surface area contributed by atoms with Crippen LogP contribution in [0.25, 0.3) is 29.1 Å². The number of hydrogen-bond acceptors (Lipinski definition) is 3. The van der Waals surface area contributed by atoms with Gasteiger partial charge in [0.05, 0.1) is 19.0 Å². The molecule has 0 radical (unpaired) electrons. The summed E-state index contributed by atoms with van der Waals surface area (Å²) in [4.78, 5) is 0. The van der Waals surface area contributed by atoms with Crippen molar-refractivity contribution in [3.05, 3.63) is 95.9 Å². The first-order chi connectivity index (χ1) is 13.7. The van der Waals surface area contributed by atoms with E-state index in [1.165, 1.54) is 12.1 Å². The second-order valence-electron chi connectivity index (χ2n) is 6.25. The number of rotatable bonds is 5. The highest BCUT2D eigenvalue weighted by Gasteiger charge is 2.05. The van der Waals surface area contributed by atoms with E-state index in [-0.39, 0.29) is 5.82 Å². The molecular formula is C23H18FN3O. The summed E-state index contributed by atoms with van der Waals surface area (Å²) in [5, 5.41) is 8.34. The van der Waals surface area contributed by atoms with Crippen LogP contribution in [0.5, 0.6) is 5.75 Å². The molecule has 1 heterocycles. The third-order valence-corrected chi connectivity index (χ3v) is 4.38. The molecule has 0 unspecified atom stereocenters. The maximum atomic E-state index is 13.1. The quantitative estimate of drug-likeness (QED) is 0.450. The Hall–Kier alpha value is -3.73. The average Bonchev–Trinajstić information content (AvgIpc) is 3.24. The maximum absolute atomic E-state index is 13.1. The van der Waals surface area contributed by atoms with E-state index in [1.807, 2.05) is 54.7 Å². The predicted octanol–water partition coefficient (Wildman–Crippen LogP) is 5.25. The van der Waals surface area contributed by atoms with Crippen LogP contribution < -0.4 is 4.74 Å². The van der Waals surface area contributed by atoms with Crippen LogP contribution in [-0.2, 0) is 0 Å². The van der Waals surface area contributed by atoms with E-state index < -0.39 is 0 Å². The fourth-order valence-electron chi connectivity index (χ4n) is 2.79. The van der Waals surface area contributed by atoms with Gasteiger partial charge in [-0.2, -0.15) is 0 Å². The third-order valence-electron chi connectivity index (χ3n) is 4.38. The normalized spacial score (nSPS) is 11.1. The molecule has 3 aromatic carbocycles. The first kappa shape index (κ1) is 17.7. The van der Waals surface area contributed by atoms with Crippen LogP contribution >= 0.6 is 0 Å². The minimum atomic E-state index is -0.269. The molecule has 1 aromatic heterocycles. The van der Waals surface area contributed by atoms with Gasteiger partial charge in [0.15, 0.2) is 0 Å². The van der Waals surface area contributed by atoms with Crippen LogP contribution in [0.2, 0.25) is 0 Å². The molecule has 5 heteroatoms. The summed E-state index contributed by atoms with van der Waals surface area (Å²) in [5.74, 6) is 0.573. The standard InChI is InChI=1S/C23H18FN3O/c1-28-22-14-6-18(7-15-22)3-2-17-4-12-21(13-5-17)27-16-23(25-26-27)19-8-10-20(24)11-9-19/h2-16H,1H3/b3-2+. The smallest absolute Gasteiger partial charge is 0.123 e. The van der Waals surface area contributed by atoms with Crippen molar-refractivity contribution in [1.29, 1.82) is 0 Å². The number of ether oxygens (including phenoxy) is 1. The number of methoxy groups -OCH3 is 1. The van der Waals surface area contributed by atoms with E-state index in [9.17, 15) is 4.39 Å². The summed E-state index contributed by atoms with van der Waals surface area (Å²) in [6, 6.07) is 22.1. The van der Waals surface area contributed by atoms with Gasteiger partial charge >= 0.3 is 0 Å². The Kier molecular flexibility index (Phi) is 4.97. The Bertz CT molecular complexity index is 1080. The molecule has 0 N–H and O–H groups in total. The van der Waals surface area contributed by atoms with E-state index >= 15 is 0 Å². The molecule has 0 amide bonds. The minimum Gasteiger partial charge on any atom is -0.497 e. The zero-order valence-corrected chi connectivity index (χ0v) is 15.3. The number of halogens is 1. The lowest BCUT2D eigenvalue weighted by atomic mass is 10.1. The predicted molar refractivity (Wildman–Crippen MR) is 109 cm³/mol. The van der Waals surface area contributed by atoms with Gasteiger partial charge in [0.2, 0.25) is 0 Å². The van der Waals surface area contributed by atoms with Crippen molar-refractivity contribution in [1.82, 2.24) is 15.0 Å². The van der Waals surface area contributed by atoms with Crippen LogP contribution in [0.15, 0.2) is 79.0 Å². The topological polar surface area (TPSA) is 39.9 Å². The monoisotopic (exact) mass is 371 g/mol. The molecule has 0 bridgehead atoms. The molecule has 0 atom stereocenters. The molecule has 0 saturated carbocycles. The van der Waals surface area contributed by atoms with Crippen LogP contribution in [0, 0.1) is 5.82 Å². The van der Waals surface area contributed by atoms with Crippen molar-refractivity contribution in [2.75, 3.05) is 7.11 Å². The van der Waals surface area contributed by atoms with Gasteiger partial charge in [-0.25, -0.2) is 9.07 Å². The molecule has 0 aliphatic rings. The molecule has 0 spiro atoms. The van der Waals surface area contributed by atoms with E-state index in [2.05, 4.69) is 22.5 Å². The van der Waals surface area contributed by atoms with Gasteiger partial charge in [-0.3, -0.25) is 0 Å². The highest BCUT2D eigenvalue weighted by atomic mass is 19.1. The van der Waals surface area contributed by atoms with Gasteiger partial charge in [-0.15, -0.1) is 5.10 Å². The molecule has 0 fully saturated rings. The molecule has 0 aliphatic carbocycles. The van der Waals surface area contributed by atoms with Crippen molar-refractivity contribution >= 4 is 12.2 Å². The summed E-state index contributed by atoms with van der Waals surface area (Å²) >= 11 is 0. The van der Waals surface area contributed by atoms with Gasteiger partial charge in [0.25, 0.3) is 0 Å². The number of nitrogens with zero attached hydrogens (tertiary/aromatic N) is 3. The molecule has 28 heavy (non-hydrogen) atoms. The average molecular weight is 371 g/mol. The molecule has 4 nitrogen and oxygen atoms in total. The lowest BCUT2D eigenvalue weighted by molar-refractivity contribution is 0.415. The lowest BCUT2D eigenvalue weighted by Gasteiger charge is -2.01. The molecule has 0 saturated heterocycles. The van der Waals surface area contributed by atoms with Gasteiger partial charge in [0, 0.05) is 5.56 Å². The largest absolute Gasteiger partial charge is 0.497 e. The van der Waals surface area contributed by atoms with E-state index in [1.54, 1.807) is 23.9 Å². The third kappa shape index (κ3) is 3.99. The fourth-order valence-corrected chi connectivity index (χ4v) is 2.79. The Morgan fingerprint density at radius 1 is 0.821 bits per heavy atom. The SMILES string of the molecule is COc1ccc(/C=C/c2ccc(-n3cc(-c4ccc(F)cc4)nn3)cc2)cc1. The first-order valence-electron chi connectivity index (χ1n) is 8.82. The van der Waals surface area contributed by atoms with Crippen LogP contribution in [-0.4, -0.2) is 22.1 Å². The zero-order valence-electron chi connectivity index (χ0n) is 15.3. The van der Waals surface area contributed by atoms with Crippen LogP contribution in [0.3, 0.4) is 0 Å². The summed E-state index contributed by atoms with van der Waals surface area (Å²) < 4.78 is 19.9. The lowest BCUT2D eigenvalue weighted by Crippen LogP contribution is -1.94. The summed E-state index contributed by atoms with van der Waals surface area (Å²) in [5.41, 5.74) is 4.61. The van der Waals surface area contributed by atoms with Crippen molar-refractivity contribution in [2.45, 2.75) is 0 Å². The van der Waals surface area contributed by atoms with Crippen molar-refractivity contribution < 1.29 is 9.13 Å². The first-order valence-corrected chi connectivity index (χ1v) is 8.82. The fraction of sp³-hybridized carbons (Fsp3) is 0.0435. The van der Waals surface area contributed by atoms with E-state index in [0.717, 1.165) is 28.1 Å². The summed E-state index contributed by atoms with van der Waals surface area (Å²) in [7, 11) is 1.66. The molecule has 4 rings (SSSR count). The van der Waals surface area contributed by atoms with Gasteiger partial charge in [-0.1, -0.05) is 41.6 Å². The Morgan fingerprint density at radius 3 is 2.04 bits per heavy atom. The number of aromatic nitrogens is 3. The Labute approximate surface area is 162 Å². The van der Waals surface area contributed by atoms with Crippen LogP contribution in [0.4, 0.5) is 4.39 Å². The maximum Gasteiger partial charge on any atom is 0.123 e. The minimum absolute atomic E-state index is 0.269. The number of benzene rings is 3. The summed E-state index contributed by atoms with van der Waals surface area (Å²) in [6.07, 6.45) is 5.93. The molecule has 4 aromatic rings. The highest BCUT2D eigenvalue weighted by molar-refractivity contribution is 5.70. The van der Waals surface area contributed by atoms with E-state index in [4.69, 9.17) is 4.74 Å². The van der Waals surface area contributed by atoms with E-state index in [0.29, 0.717) is 5.69 Å². The Balaban J connectivity index is 1.48. The Morgan fingerprint density at radius 2 is 1.43 bits per heavy atom. The highest BCUT2D eigenvalue weighted by Crippen LogP contribution is 2.19. The van der Waals surface area contributed by atoms with Crippen LogP contribution in [0.1, 0.15) is 11.1 Å². The van der Waals surface area contributed by atoms with Gasteiger partial charge in [-0.05, 0) is 59.7 Å². The molecular weight excluding hydrogens is 353 g/mol. The zero-order chi connectivity index (χ0) is 19.3.